The monoisotopic (exact) mass is 399 g/mol. The van der Waals surface area contributed by atoms with Crippen molar-refractivity contribution in [3.8, 4) is 5.75 Å². The van der Waals surface area contributed by atoms with Gasteiger partial charge in [-0.3, -0.25) is 4.79 Å². The second-order valence-corrected chi connectivity index (χ2v) is 7.44. The van der Waals surface area contributed by atoms with E-state index in [1.807, 2.05) is 11.5 Å². The van der Waals surface area contributed by atoms with Gasteiger partial charge in [0.25, 0.3) is 6.43 Å². The summed E-state index contributed by atoms with van der Waals surface area (Å²) in [4.78, 5) is 12.1. The maximum absolute atomic E-state index is 12.8. The first-order chi connectivity index (χ1) is 12.3. The highest BCUT2D eigenvalue weighted by Crippen LogP contribution is 2.36. The fourth-order valence-electron chi connectivity index (χ4n) is 3.03. The summed E-state index contributed by atoms with van der Waals surface area (Å²) in [6, 6.07) is 6.52. The van der Waals surface area contributed by atoms with Crippen molar-refractivity contribution in [1.82, 2.24) is 4.57 Å². The molecule has 0 radical (unpaired) electrons. The van der Waals surface area contributed by atoms with Crippen molar-refractivity contribution in [1.29, 1.82) is 0 Å². The SMILES string of the molecule is COc1cc2c(CC(=O)O)c(C)n(Cc3ccc(C(F)F)s3)c2cc1Cl. The minimum Gasteiger partial charge on any atom is -0.495 e. The van der Waals surface area contributed by atoms with Crippen molar-refractivity contribution >= 4 is 39.8 Å². The van der Waals surface area contributed by atoms with Crippen LogP contribution in [0.1, 0.15) is 27.4 Å². The third kappa shape index (κ3) is 3.41. The Bertz CT molecular complexity index is 981. The Kier molecular flexibility index (Phi) is 5.20. The van der Waals surface area contributed by atoms with Crippen molar-refractivity contribution in [2.75, 3.05) is 7.11 Å². The van der Waals surface area contributed by atoms with Gasteiger partial charge in [0.2, 0.25) is 0 Å². The fraction of sp³-hybridized carbons (Fsp3) is 0.278. The molecular weight excluding hydrogens is 384 g/mol. The molecule has 0 saturated heterocycles. The summed E-state index contributed by atoms with van der Waals surface area (Å²) >= 11 is 7.28. The summed E-state index contributed by atoms with van der Waals surface area (Å²) in [6.07, 6.45) is -2.65. The van der Waals surface area contributed by atoms with E-state index in [0.717, 1.165) is 32.8 Å². The van der Waals surface area contributed by atoms with Crippen LogP contribution in [0.2, 0.25) is 5.02 Å². The van der Waals surface area contributed by atoms with E-state index >= 15 is 0 Å². The lowest BCUT2D eigenvalue weighted by Gasteiger charge is -2.08. The number of hydrogen-bond donors (Lipinski definition) is 1. The molecule has 0 atom stereocenters. The van der Waals surface area contributed by atoms with Crippen LogP contribution in [0.3, 0.4) is 0 Å². The number of ether oxygens (including phenoxy) is 1. The molecule has 0 aliphatic heterocycles. The first-order valence-electron chi connectivity index (χ1n) is 7.75. The van der Waals surface area contributed by atoms with Gasteiger partial charge in [-0.05, 0) is 36.8 Å². The molecule has 8 heteroatoms. The van der Waals surface area contributed by atoms with E-state index in [0.29, 0.717) is 22.9 Å². The van der Waals surface area contributed by atoms with Crippen LogP contribution >= 0.6 is 22.9 Å². The summed E-state index contributed by atoms with van der Waals surface area (Å²) in [5.41, 5.74) is 2.17. The highest BCUT2D eigenvalue weighted by molar-refractivity contribution is 7.12. The quantitative estimate of drug-likeness (QED) is 0.613. The van der Waals surface area contributed by atoms with E-state index in [2.05, 4.69) is 0 Å². The van der Waals surface area contributed by atoms with E-state index in [1.54, 1.807) is 18.2 Å². The number of carboxylic acids is 1. The van der Waals surface area contributed by atoms with Gasteiger partial charge in [0.1, 0.15) is 5.75 Å². The minimum atomic E-state index is -2.50. The average molecular weight is 400 g/mol. The lowest BCUT2D eigenvalue weighted by atomic mass is 10.1. The zero-order valence-corrected chi connectivity index (χ0v) is 15.6. The van der Waals surface area contributed by atoms with Gasteiger partial charge in [0, 0.05) is 16.0 Å². The molecular formula is C18H16ClF2NO3S. The fourth-order valence-corrected chi connectivity index (χ4v) is 4.13. The molecule has 2 aromatic heterocycles. The van der Waals surface area contributed by atoms with E-state index in [9.17, 15) is 18.7 Å². The molecule has 3 aromatic rings. The second kappa shape index (κ2) is 7.25. The van der Waals surface area contributed by atoms with Crippen molar-refractivity contribution in [2.45, 2.75) is 26.3 Å². The van der Waals surface area contributed by atoms with Crippen molar-refractivity contribution in [2.24, 2.45) is 0 Å². The van der Waals surface area contributed by atoms with Gasteiger partial charge >= 0.3 is 5.97 Å². The molecule has 1 aromatic carbocycles. The number of halogens is 3. The maximum atomic E-state index is 12.8. The van der Waals surface area contributed by atoms with Crippen LogP contribution in [0.5, 0.6) is 5.75 Å². The third-order valence-electron chi connectivity index (χ3n) is 4.27. The van der Waals surface area contributed by atoms with Gasteiger partial charge < -0.3 is 14.4 Å². The normalized spacial score (nSPS) is 11.5. The number of aromatic nitrogens is 1. The number of hydrogen-bond acceptors (Lipinski definition) is 3. The number of alkyl halides is 2. The summed E-state index contributed by atoms with van der Waals surface area (Å²) in [7, 11) is 1.49. The number of benzene rings is 1. The average Bonchev–Trinajstić information content (AvgIpc) is 3.13. The Morgan fingerprint density at radius 1 is 1.38 bits per heavy atom. The molecule has 1 N–H and O–H groups in total. The number of rotatable bonds is 6. The third-order valence-corrected chi connectivity index (χ3v) is 5.64. The number of methoxy groups -OCH3 is 1. The zero-order chi connectivity index (χ0) is 19.0. The zero-order valence-electron chi connectivity index (χ0n) is 14.1. The number of thiophene rings is 1. The minimum absolute atomic E-state index is 0.0135. The van der Waals surface area contributed by atoms with E-state index < -0.39 is 12.4 Å². The van der Waals surface area contributed by atoms with Gasteiger partial charge in [-0.15, -0.1) is 11.3 Å². The molecule has 0 spiro atoms. The van der Waals surface area contributed by atoms with Gasteiger partial charge in [-0.2, -0.15) is 0 Å². The van der Waals surface area contributed by atoms with Crippen LogP contribution in [-0.2, 0) is 17.8 Å². The highest BCUT2D eigenvalue weighted by Gasteiger charge is 2.20. The van der Waals surface area contributed by atoms with Crippen molar-refractivity contribution in [3.63, 3.8) is 0 Å². The molecule has 0 saturated carbocycles. The number of aliphatic carboxylic acids is 1. The molecule has 3 rings (SSSR count). The Morgan fingerprint density at radius 2 is 2.12 bits per heavy atom. The van der Waals surface area contributed by atoms with Gasteiger partial charge in [0.05, 0.1) is 35.5 Å². The molecule has 138 valence electrons. The predicted octanol–water partition coefficient (Wildman–Crippen LogP) is 5.29. The summed E-state index contributed by atoms with van der Waals surface area (Å²) in [5, 5.41) is 10.4. The second-order valence-electron chi connectivity index (χ2n) is 5.83. The summed E-state index contributed by atoms with van der Waals surface area (Å²) in [6.45, 7) is 2.18. The Labute approximate surface area is 157 Å². The first kappa shape index (κ1) is 18.7. The lowest BCUT2D eigenvalue weighted by molar-refractivity contribution is -0.136. The van der Waals surface area contributed by atoms with Crippen LogP contribution in [0, 0.1) is 6.92 Å². The van der Waals surface area contributed by atoms with Crippen LogP contribution in [0.25, 0.3) is 10.9 Å². The molecule has 0 aliphatic carbocycles. The van der Waals surface area contributed by atoms with Gasteiger partial charge in [0.15, 0.2) is 0 Å². The van der Waals surface area contributed by atoms with Crippen molar-refractivity contribution < 1.29 is 23.4 Å². The van der Waals surface area contributed by atoms with E-state index in [1.165, 1.54) is 13.2 Å². The summed E-state index contributed by atoms with van der Waals surface area (Å²) in [5.74, 6) is -0.490. The molecule has 0 bridgehead atoms. The maximum Gasteiger partial charge on any atom is 0.307 e. The number of carbonyl (C=O) groups is 1. The largest absolute Gasteiger partial charge is 0.495 e. The Balaban J connectivity index is 2.15. The lowest BCUT2D eigenvalue weighted by Crippen LogP contribution is -2.04. The molecule has 0 aliphatic rings. The highest BCUT2D eigenvalue weighted by atomic mass is 35.5. The van der Waals surface area contributed by atoms with Crippen LogP contribution in [-0.4, -0.2) is 22.8 Å². The number of carboxylic acid groups (broad SMARTS) is 1. The molecule has 0 fully saturated rings. The topological polar surface area (TPSA) is 51.5 Å². The standard InChI is InChI=1S/C18H16ClF2NO3S/c1-9-11(6-17(23)24)12-5-15(25-2)13(19)7-14(12)22(9)8-10-3-4-16(26-10)18(20)21/h3-5,7,18H,6,8H2,1-2H3,(H,23,24). The molecule has 0 unspecified atom stereocenters. The molecule has 26 heavy (non-hydrogen) atoms. The Hall–Kier alpha value is -2.12. The van der Waals surface area contributed by atoms with E-state index in [4.69, 9.17) is 16.3 Å². The predicted molar refractivity (Wildman–Crippen MR) is 98.0 cm³/mol. The molecule has 2 heterocycles. The van der Waals surface area contributed by atoms with Crippen LogP contribution in [0.4, 0.5) is 8.78 Å². The first-order valence-corrected chi connectivity index (χ1v) is 8.95. The molecule has 0 amide bonds. The number of nitrogens with zero attached hydrogens (tertiary/aromatic N) is 1. The summed E-state index contributed by atoms with van der Waals surface area (Å²) < 4.78 is 32.8. The smallest absolute Gasteiger partial charge is 0.307 e. The van der Waals surface area contributed by atoms with Gasteiger partial charge in [-0.25, -0.2) is 8.78 Å². The van der Waals surface area contributed by atoms with Crippen molar-refractivity contribution in [3.05, 3.63) is 50.3 Å². The van der Waals surface area contributed by atoms with Gasteiger partial charge in [-0.1, -0.05) is 11.6 Å². The van der Waals surface area contributed by atoms with Crippen LogP contribution < -0.4 is 4.74 Å². The molecule has 4 nitrogen and oxygen atoms in total. The number of fused-ring (bicyclic) bond motifs is 1. The van der Waals surface area contributed by atoms with E-state index in [-0.39, 0.29) is 11.3 Å². The Morgan fingerprint density at radius 3 is 2.69 bits per heavy atom. The van der Waals surface area contributed by atoms with Crippen LogP contribution in [0.15, 0.2) is 24.3 Å².